The summed E-state index contributed by atoms with van der Waals surface area (Å²) < 4.78 is 16.1. The van der Waals surface area contributed by atoms with E-state index in [0.29, 0.717) is 11.1 Å². The lowest BCUT2D eigenvalue weighted by Crippen LogP contribution is -2.34. The number of halogens is 1. The highest BCUT2D eigenvalue weighted by Crippen LogP contribution is 2.34. The number of carbonyl (C=O) groups is 1. The van der Waals surface area contributed by atoms with Gasteiger partial charge in [-0.1, -0.05) is 84.9 Å². The minimum atomic E-state index is -2.09. The Labute approximate surface area is 141 Å². The Morgan fingerprint density at radius 1 is 0.833 bits per heavy atom. The molecule has 0 saturated heterocycles. The number of hydrogen-bond donors (Lipinski definition) is 0. The number of carbonyl (C=O) groups excluding carboxylic acids is 1. The van der Waals surface area contributed by atoms with Crippen LogP contribution in [0, 0.1) is 6.92 Å². The van der Waals surface area contributed by atoms with Gasteiger partial charge in [-0.2, -0.15) is 0 Å². The van der Waals surface area contributed by atoms with Crippen LogP contribution in [-0.4, -0.2) is 5.78 Å². The summed E-state index contributed by atoms with van der Waals surface area (Å²) in [5.41, 5.74) is 0.315. The number of rotatable bonds is 5. The van der Waals surface area contributed by atoms with Crippen molar-refractivity contribution in [3.05, 3.63) is 107 Å². The van der Waals surface area contributed by atoms with Gasteiger partial charge in [-0.3, -0.25) is 4.79 Å². The molecule has 0 unspecified atom stereocenters. The molecule has 1 atom stereocenters. The summed E-state index contributed by atoms with van der Waals surface area (Å²) in [6.45, 7) is 1.83. The molecule has 24 heavy (non-hydrogen) atoms. The van der Waals surface area contributed by atoms with Crippen LogP contribution < -0.4 is 0 Å². The molecule has 0 N–H and O–H groups in total. The molecular formula is C22H19FO. The van der Waals surface area contributed by atoms with Crippen molar-refractivity contribution < 1.29 is 9.18 Å². The topological polar surface area (TPSA) is 17.1 Å². The normalized spacial score (nSPS) is 13.2. The summed E-state index contributed by atoms with van der Waals surface area (Å²) in [4.78, 5) is 13.1. The van der Waals surface area contributed by atoms with Crippen molar-refractivity contribution >= 4 is 5.78 Å². The number of ketones is 1. The lowest BCUT2D eigenvalue weighted by Gasteiger charge is -2.25. The van der Waals surface area contributed by atoms with Crippen molar-refractivity contribution in [2.45, 2.75) is 19.0 Å². The van der Waals surface area contributed by atoms with E-state index in [4.69, 9.17) is 0 Å². The van der Waals surface area contributed by atoms with Crippen LogP contribution in [-0.2, 0) is 12.1 Å². The summed E-state index contributed by atoms with van der Waals surface area (Å²) in [5.74, 6) is -0.490. The maximum atomic E-state index is 16.1. The average molecular weight is 318 g/mol. The lowest BCUT2D eigenvalue weighted by molar-refractivity contribution is 0.0675. The molecule has 0 aliphatic rings. The average Bonchev–Trinajstić information content (AvgIpc) is 2.63. The van der Waals surface area contributed by atoms with E-state index in [0.717, 1.165) is 11.1 Å². The highest BCUT2D eigenvalue weighted by Gasteiger charge is 2.41. The largest absolute Gasteiger partial charge is 0.290 e. The fraction of sp³-hybridized carbons (Fsp3) is 0.136. The minimum Gasteiger partial charge on any atom is -0.290 e. The highest BCUT2D eigenvalue weighted by atomic mass is 19.1. The number of alkyl halides is 1. The molecule has 1 nitrogen and oxygen atoms in total. The third-order valence-electron chi connectivity index (χ3n) is 4.27. The lowest BCUT2D eigenvalue weighted by atomic mass is 9.81. The Hall–Kier alpha value is -2.74. The maximum absolute atomic E-state index is 16.1. The van der Waals surface area contributed by atoms with E-state index in [9.17, 15) is 4.79 Å². The van der Waals surface area contributed by atoms with Gasteiger partial charge in [0.15, 0.2) is 0 Å². The minimum absolute atomic E-state index is 0.0189. The van der Waals surface area contributed by atoms with Crippen molar-refractivity contribution in [3.63, 3.8) is 0 Å². The Balaban J connectivity index is 2.09. The summed E-state index contributed by atoms with van der Waals surface area (Å²) in [7, 11) is 0. The van der Waals surface area contributed by atoms with Crippen molar-refractivity contribution in [1.29, 1.82) is 0 Å². The van der Waals surface area contributed by atoms with E-state index in [-0.39, 0.29) is 6.42 Å². The third-order valence-corrected chi connectivity index (χ3v) is 4.27. The number of aryl methyl sites for hydroxylation is 1. The summed E-state index contributed by atoms with van der Waals surface area (Å²) in [6, 6.07) is 25.2. The Morgan fingerprint density at radius 3 is 2.00 bits per heavy atom. The molecule has 3 rings (SSSR count). The molecule has 0 amide bonds. The van der Waals surface area contributed by atoms with Gasteiger partial charge in [-0.25, -0.2) is 4.39 Å². The van der Waals surface area contributed by atoms with Crippen LogP contribution in [0.15, 0.2) is 84.9 Å². The Morgan fingerprint density at radius 2 is 1.38 bits per heavy atom. The molecule has 0 spiro atoms. The molecule has 0 aliphatic heterocycles. The Kier molecular flexibility index (Phi) is 4.57. The van der Waals surface area contributed by atoms with Crippen molar-refractivity contribution in [2.75, 3.05) is 0 Å². The van der Waals surface area contributed by atoms with E-state index < -0.39 is 11.5 Å². The fourth-order valence-electron chi connectivity index (χ4n) is 2.93. The second-order valence-corrected chi connectivity index (χ2v) is 5.97. The molecule has 0 fully saturated rings. The Bertz CT molecular complexity index is 827. The van der Waals surface area contributed by atoms with Crippen molar-refractivity contribution in [3.8, 4) is 0 Å². The summed E-state index contributed by atoms with van der Waals surface area (Å²) in [5, 5.41) is 0. The monoisotopic (exact) mass is 318 g/mol. The first kappa shape index (κ1) is 16.1. The molecule has 120 valence electrons. The number of Topliss-reactive ketones (excluding diaryl/α,β-unsaturated/α-hetero) is 1. The second kappa shape index (κ2) is 6.79. The molecule has 2 heteroatoms. The van der Waals surface area contributed by atoms with Gasteiger partial charge in [0, 0.05) is 12.0 Å². The fourth-order valence-corrected chi connectivity index (χ4v) is 2.93. The number of benzene rings is 3. The predicted molar refractivity (Wildman–Crippen MR) is 94.9 cm³/mol. The van der Waals surface area contributed by atoms with E-state index >= 15 is 4.39 Å². The van der Waals surface area contributed by atoms with E-state index in [2.05, 4.69) is 0 Å². The molecule has 0 aliphatic carbocycles. The zero-order valence-corrected chi connectivity index (χ0v) is 13.6. The van der Waals surface area contributed by atoms with Crippen molar-refractivity contribution in [1.82, 2.24) is 0 Å². The second-order valence-electron chi connectivity index (χ2n) is 5.97. The molecule has 3 aromatic rings. The number of hydrogen-bond acceptors (Lipinski definition) is 1. The molecule has 0 bridgehead atoms. The zero-order chi connectivity index (χ0) is 17.0. The third kappa shape index (κ3) is 3.13. The molecule has 0 heterocycles. The van der Waals surface area contributed by atoms with E-state index in [1.165, 1.54) is 0 Å². The molecule has 0 saturated carbocycles. The first-order chi connectivity index (χ1) is 11.6. The first-order valence-electron chi connectivity index (χ1n) is 8.00. The van der Waals surface area contributed by atoms with E-state index in [1.54, 1.807) is 36.4 Å². The first-order valence-corrected chi connectivity index (χ1v) is 8.00. The summed E-state index contributed by atoms with van der Waals surface area (Å²) >= 11 is 0. The van der Waals surface area contributed by atoms with Gasteiger partial charge in [0.05, 0.1) is 0 Å². The van der Waals surface area contributed by atoms with Gasteiger partial charge in [-0.15, -0.1) is 0 Å². The SMILES string of the molecule is Cc1ccccc1C(=O)[C@](F)(Cc1ccccc1)c1ccccc1. The van der Waals surface area contributed by atoms with Crippen LogP contribution in [0.4, 0.5) is 4.39 Å². The van der Waals surface area contributed by atoms with Gasteiger partial charge in [0.1, 0.15) is 0 Å². The maximum Gasteiger partial charge on any atom is 0.205 e. The smallest absolute Gasteiger partial charge is 0.205 e. The molecular weight excluding hydrogens is 299 g/mol. The van der Waals surface area contributed by atoms with Gasteiger partial charge in [-0.05, 0) is 23.6 Å². The van der Waals surface area contributed by atoms with Gasteiger partial charge in [0.2, 0.25) is 11.5 Å². The van der Waals surface area contributed by atoms with Gasteiger partial charge < -0.3 is 0 Å². The predicted octanol–water partition coefficient (Wildman–Crippen LogP) is 5.29. The van der Waals surface area contributed by atoms with Crippen LogP contribution in [0.2, 0.25) is 0 Å². The van der Waals surface area contributed by atoms with Gasteiger partial charge >= 0.3 is 0 Å². The van der Waals surface area contributed by atoms with Crippen LogP contribution in [0.3, 0.4) is 0 Å². The molecule has 0 radical (unpaired) electrons. The zero-order valence-electron chi connectivity index (χ0n) is 13.6. The summed E-state index contributed by atoms with van der Waals surface area (Å²) in [6.07, 6.45) is 0.0189. The van der Waals surface area contributed by atoms with Crippen LogP contribution in [0.25, 0.3) is 0 Å². The standard InChI is InChI=1S/C22H19FO/c1-17-10-8-9-15-20(17)21(24)22(23,19-13-6-3-7-14-19)16-18-11-4-2-5-12-18/h2-15H,16H2,1H3/t22-/m0/s1. The van der Waals surface area contributed by atoms with Gasteiger partial charge in [0.25, 0.3) is 0 Å². The van der Waals surface area contributed by atoms with Crippen LogP contribution in [0.1, 0.15) is 27.0 Å². The van der Waals surface area contributed by atoms with E-state index in [1.807, 2.05) is 55.5 Å². The van der Waals surface area contributed by atoms with Crippen LogP contribution in [0.5, 0.6) is 0 Å². The highest BCUT2D eigenvalue weighted by molar-refractivity contribution is 6.04. The molecule has 0 aromatic heterocycles. The quantitative estimate of drug-likeness (QED) is 0.585. The molecule has 3 aromatic carbocycles. The van der Waals surface area contributed by atoms with Crippen molar-refractivity contribution in [2.24, 2.45) is 0 Å². The van der Waals surface area contributed by atoms with Crippen LogP contribution >= 0.6 is 0 Å².